The van der Waals surface area contributed by atoms with Crippen molar-refractivity contribution >= 4 is 23.1 Å². The Morgan fingerprint density at radius 2 is 1.93 bits per heavy atom. The van der Waals surface area contributed by atoms with E-state index in [1.54, 1.807) is 41.7 Å². The molecule has 0 bridgehead atoms. The molecule has 0 saturated heterocycles. The molecule has 2 amide bonds. The first-order chi connectivity index (χ1) is 13.2. The third-order valence-electron chi connectivity index (χ3n) is 3.47. The molecule has 8 heteroatoms. The van der Waals surface area contributed by atoms with Gasteiger partial charge in [0.15, 0.2) is 0 Å². The minimum absolute atomic E-state index is 0.295. The number of carbonyl (C=O) groups excluding carboxylic acids is 1. The lowest BCUT2D eigenvalue weighted by Gasteiger charge is -2.09. The highest BCUT2D eigenvalue weighted by Gasteiger charge is 2.04. The molecule has 2 N–H and O–H groups in total. The summed E-state index contributed by atoms with van der Waals surface area (Å²) in [5, 5.41) is 15.6. The average molecular weight is 384 g/mol. The minimum atomic E-state index is -0.304. The second-order valence-corrected chi connectivity index (χ2v) is 6.37. The number of carbonyl (C=O) groups is 1. The predicted octanol–water partition coefficient (Wildman–Crippen LogP) is 3.80. The SMILES string of the molecule is CCOc1ccc(NC(=O)NCCOc2ccc(-c3cccs3)nn2)cc1. The van der Waals surface area contributed by atoms with E-state index in [0.29, 0.717) is 31.3 Å². The molecule has 0 aliphatic heterocycles. The molecule has 0 atom stereocenters. The molecule has 3 aromatic rings. The first kappa shape index (κ1) is 18.7. The number of amides is 2. The van der Waals surface area contributed by atoms with Gasteiger partial charge >= 0.3 is 6.03 Å². The van der Waals surface area contributed by atoms with Gasteiger partial charge in [-0.05, 0) is 48.7 Å². The fourth-order valence-corrected chi connectivity index (χ4v) is 2.94. The van der Waals surface area contributed by atoms with Gasteiger partial charge in [-0.3, -0.25) is 0 Å². The van der Waals surface area contributed by atoms with E-state index in [2.05, 4.69) is 20.8 Å². The molecule has 3 rings (SSSR count). The molecule has 0 aliphatic carbocycles. The summed E-state index contributed by atoms with van der Waals surface area (Å²) in [4.78, 5) is 12.9. The third-order valence-corrected chi connectivity index (χ3v) is 4.37. The van der Waals surface area contributed by atoms with Crippen molar-refractivity contribution in [2.45, 2.75) is 6.92 Å². The number of rotatable bonds is 8. The third kappa shape index (κ3) is 5.68. The van der Waals surface area contributed by atoms with Gasteiger partial charge in [-0.1, -0.05) is 6.07 Å². The molecule has 7 nitrogen and oxygen atoms in total. The van der Waals surface area contributed by atoms with Crippen LogP contribution in [0.3, 0.4) is 0 Å². The van der Waals surface area contributed by atoms with Gasteiger partial charge in [-0.25, -0.2) is 4.79 Å². The Morgan fingerprint density at radius 1 is 1.07 bits per heavy atom. The minimum Gasteiger partial charge on any atom is -0.494 e. The van der Waals surface area contributed by atoms with Gasteiger partial charge in [0.25, 0.3) is 0 Å². The number of urea groups is 1. The molecule has 1 aromatic carbocycles. The summed E-state index contributed by atoms with van der Waals surface area (Å²) in [6.45, 7) is 3.17. The first-order valence-corrected chi connectivity index (χ1v) is 9.40. The fourth-order valence-electron chi connectivity index (χ4n) is 2.25. The summed E-state index contributed by atoms with van der Waals surface area (Å²) in [5.41, 5.74) is 1.50. The second kappa shape index (κ2) is 9.54. The van der Waals surface area contributed by atoms with Crippen molar-refractivity contribution in [1.29, 1.82) is 0 Å². The lowest BCUT2D eigenvalue weighted by atomic mass is 10.3. The number of nitrogens with zero attached hydrogens (tertiary/aromatic N) is 2. The largest absolute Gasteiger partial charge is 0.494 e. The van der Waals surface area contributed by atoms with Gasteiger partial charge in [-0.2, -0.15) is 0 Å². The van der Waals surface area contributed by atoms with Crippen molar-refractivity contribution in [3.05, 3.63) is 53.9 Å². The van der Waals surface area contributed by atoms with Crippen LogP contribution in [-0.2, 0) is 0 Å². The van der Waals surface area contributed by atoms with E-state index in [9.17, 15) is 4.79 Å². The standard InChI is InChI=1S/C19H20N4O3S/c1-2-25-15-7-5-14(6-8-15)21-19(24)20-11-12-26-18-10-9-16(22-23-18)17-4-3-13-27-17/h3-10,13H,2,11-12H2,1H3,(H2,20,21,24). The number of hydrogen-bond donors (Lipinski definition) is 2. The van der Waals surface area contributed by atoms with Gasteiger partial charge < -0.3 is 20.1 Å². The van der Waals surface area contributed by atoms with Crippen molar-refractivity contribution in [2.24, 2.45) is 0 Å². The molecule has 2 heterocycles. The Morgan fingerprint density at radius 3 is 2.59 bits per heavy atom. The highest BCUT2D eigenvalue weighted by Crippen LogP contribution is 2.22. The molecule has 0 saturated carbocycles. The maximum Gasteiger partial charge on any atom is 0.319 e. The number of aromatic nitrogens is 2. The Hall–Kier alpha value is -3.13. The van der Waals surface area contributed by atoms with E-state index in [1.165, 1.54) is 0 Å². The predicted molar refractivity (Wildman–Crippen MR) is 105 cm³/mol. The van der Waals surface area contributed by atoms with Crippen LogP contribution in [0.15, 0.2) is 53.9 Å². The van der Waals surface area contributed by atoms with Crippen LogP contribution in [0.25, 0.3) is 10.6 Å². The van der Waals surface area contributed by atoms with Crippen LogP contribution < -0.4 is 20.1 Å². The van der Waals surface area contributed by atoms with Gasteiger partial charge in [0.2, 0.25) is 5.88 Å². The van der Waals surface area contributed by atoms with Crippen LogP contribution in [-0.4, -0.2) is 36.0 Å². The molecule has 2 aromatic heterocycles. The average Bonchev–Trinajstić information content (AvgIpc) is 3.22. The zero-order valence-corrected chi connectivity index (χ0v) is 15.7. The summed E-state index contributed by atoms with van der Waals surface area (Å²) in [5.74, 6) is 1.19. The highest BCUT2D eigenvalue weighted by molar-refractivity contribution is 7.13. The molecule has 140 valence electrons. The van der Waals surface area contributed by atoms with Crippen LogP contribution in [0.4, 0.5) is 10.5 Å². The zero-order chi connectivity index (χ0) is 18.9. The lowest BCUT2D eigenvalue weighted by Crippen LogP contribution is -2.32. The van der Waals surface area contributed by atoms with Crippen LogP contribution in [0, 0.1) is 0 Å². The second-order valence-electron chi connectivity index (χ2n) is 5.42. The molecule has 27 heavy (non-hydrogen) atoms. The van der Waals surface area contributed by atoms with Gasteiger partial charge in [0, 0.05) is 11.8 Å². The van der Waals surface area contributed by atoms with Crippen molar-refractivity contribution in [2.75, 3.05) is 25.1 Å². The molecule has 0 fully saturated rings. The number of benzene rings is 1. The van der Waals surface area contributed by atoms with Crippen molar-refractivity contribution in [1.82, 2.24) is 15.5 Å². The van der Waals surface area contributed by atoms with Crippen molar-refractivity contribution in [3.63, 3.8) is 0 Å². The topological polar surface area (TPSA) is 85.4 Å². The molecular weight excluding hydrogens is 364 g/mol. The number of thiophene rings is 1. The summed E-state index contributed by atoms with van der Waals surface area (Å²) in [7, 11) is 0. The van der Waals surface area contributed by atoms with E-state index >= 15 is 0 Å². The van der Waals surface area contributed by atoms with Gasteiger partial charge in [0.05, 0.1) is 18.0 Å². The maximum atomic E-state index is 11.9. The van der Waals surface area contributed by atoms with Crippen LogP contribution >= 0.6 is 11.3 Å². The smallest absolute Gasteiger partial charge is 0.319 e. The summed E-state index contributed by atoms with van der Waals surface area (Å²) >= 11 is 1.61. The zero-order valence-electron chi connectivity index (χ0n) is 14.8. The van der Waals surface area contributed by atoms with Crippen LogP contribution in [0.2, 0.25) is 0 Å². The summed E-state index contributed by atoms with van der Waals surface area (Å²) < 4.78 is 10.9. The van der Waals surface area contributed by atoms with E-state index in [1.807, 2.05) is 30.5 Å². The number of ether oxygens (including phenoxy) is 2. The molecule has 0 spiro atoms. The Labute approximate surface area is 161 Å². The van der Waals surface area contributed by atoms with Gasteiger partial charge in [-0.15, -0.1) is 21.5 Å². The molecule has 0 radical (unpaired) electrons. The molecular formula is C19H20N4O3S. The van der Waals surface area contributed by atoms with E-state index in [4.69, 9.17) is 9.47 Å². The van der Waals surface area contributed by atoms with E-state index < -0.39 is 0 Å². The number of hydrogen-bond acceptors (Lipinski definition) is 6. The summed E-state index contributed by atoms with van der Waals surface area (Å²) in [6, 6.07) is 14.5. The quantitative estimate of drug-likeness (QED) is 0.577. The normalized spacial score (nSPS) is 10.3. The van der Waals surface area contributed by atoms with Crippen molar-refractivity contribution < 1.29 is 14.3 Å². The van der Waals surface area contributed by atoms with Gasteiger partial charge in [0.1, 0.15) is 18.1 Å². The highest BCUT2D eigenvalue weighted by atomic mass is 32.1. The van der Waals surface area contributed by atoms with Crippen LogP contribution in [0.1, 0.15) is 6.92 Å². The first-order valence-electron chi connectivity index (χ1n) is 8.52. The van der Waals surface area contributed by atoms with E-state index in [-0.39, 0.29) is 6.03 Å². The number of anilines is 1. The fraction of sp³-hybridized carbons (Fsp3) is 0.211. The Kier molecular flexibility index (Phi) is 6.59. The number of nitrogens with one attached hydrogen (secondary N) is 2. The Bertz CT molecular complexity index is 836. The lowest BCUT2D eigenvalue weighted by molar-refractivity contribution is 0.246. The van der Waals surface area contributed by atoms with Crippen LogP contribution in [0.5, 0.6) is 11.6 Å². The van der Waals surface area contributed by atoms with Crippen molar-refractivity contribution in [3.8, 4) is 22.2 Å². The molecule has 0 unspecified atom stereocenters. The maximum absolute atomic E-state index is 11.9. The summed E-state index contributed by atoms with van der Waals surface area (Å²) in [6.07, 6.45) is 0. The monoisotopic (exact) mass is 384 g/mol. The van der Waals surface area contributed by atoms with E-state index in [0.717, 1.165) is 16.3 Å². The molecule has 0 aliphatic rings. The Balaban J connectivity index is 1.37.